The quantitative estimate of drug-likeness (QED) is 0.0600. The fourth-order valence-electron chi connectivity index (χ4n) is 8.94. The average molecular weight is 1770 g/mol. The van der Waals surface area contributed by atoms with Crippen molar-refractivity contribution in [2.24, 2.45) is 0 Å². The molecule has 718 valence electrons. The zero-order valence-electron chi connectivity index (χ0n) is 72.8. The molecule has 0 spiro atoms. The topological polar surface area (TPSA) is 399 Å². The second kappa shape index (κ2) is 106. The van der Waals surface area contributed by atoms with E-state index in [1.165, 1.54) is 12.2 Å². The van der Waals surface area contributed by atoms with Gasteiger partial charge in [-0.3, -0.25) is 19.3 Å². The standard InChI is InChI=1S/C80H154N2O39/c1-86-8-9-88-12-13-90-16-17-92-20-21-94-24-25-96-28-29-98-32-33-100-36-37-102-40-41-104-44-45-106-48-49-108-52-53-110-56-57-112-60-61-114-64-65-116-68-69-118-72-73-120-76-77-121-75-74-119-71-70-117-67-66-115-63-62-113-59-58-111-55-54-109-51-50-107-47-46-105-43-42-103-39-38-101-35-34-99-31-30-97-27-26-95-23-22-93-19-18-91-15-14-89-11-10-87-7-5-81-78(83)4-6-82-79(84)2-3-80(82)85/h2-3H,4-77H2,1H3,(H,81,83). The van der Waals surface area contributed by atoms with E-state index in [1.54, 1.807) is 7.11 Å². The molecule has 1 aliphatic heterocycles. The van der Waals surface area contributed by atoms with Crippen molar-refractivity contribution >= 4 is 17.7 Å². The molecule has 0 aliphatic carbocycles. The van der Waals surface area contributed by atoms with Crippen molar-refractivity contribution in [1.82, 2.24) is 10.2 Å². The maximum absolute atomic E-state index is 11.9. The van der Waals surface area contributed by atoms with Crippen molar-refractivity contribution in [2.75, 3.05) is 489 Å². The molecule has 1 heterocycles. The van der Waals surface area contributed by atoms with Gasteiger partial charge < -0.3 is 176 Å². The first-order valence-corrected chi connectivity index (χ1v) is 42.6. The molecule has 0 fully saturated rings. The second-order valence-electron chi connectivity index (χ2n) is 24.7. The van der Waals surface area contributed by atoms with E-state index in [4.69, 9.17) is 171 Å². The van der Waals surface area contributed by atoms with Crippen LogP contribution in [0.5, 0.6) is 0 Å². The minimum atomic E-state index is -0.404. The van der Waals surface area contributed by atoms with Gasteiger partial charge in [0, 0.05) is 38.8 Å². The van der Waals surface area contributed by atoms with Gasteiger partial charge in [-0.25, -0.2) is 0 Å². The van der Waals surface area contributed by atoms with E-state index >= 15 is 0 Å². The Kier molecular flexibility index (Phi) is 101. The fourth-order valence-corrected chi connectivity index (χ4v) is 8.94. The van der Waals surface area contributed by atoms with Crippen LogP contribution in [0.25, 0.3) is 0 Å². The smallest absolute Gasteiger partial charge is 0.253 e. The molecule has 3 amide bonds. The normalized spacial score (nSPS) is 12.4. The van der Waals surface area contributed by atoms with E-state index in [2.05, 4.69) is 5.32 Å². The maximum Gasteiger partial charge on any atom is 0.253 e. The third kappa shape index (κ3) is 98.9. The molecular weight excluding hydrogens is 1610 g/mol. The summed E-state index contributed by atoms with van der Waals surface area (Å²) in [4.78, 5) is 35.9. The van der Waals surface area contributed by atoms with Crippen LogP contribution in [0.1, 0.15) is 6.42 Å². The van der Waals surface area contributed by atoms with Crippen LogP contribution >= 0.6 is 0 Å². The van der Waals surface area contributed by atoms with Crippen molar-refractivity contribution in [3.63, 3.8) is 0 Å². The highest BCUT2D eigenvalue weighted by molar-refractivity contribution is 6.13. The number of nitrogens with zero attached hydrogens (tertiary/aromatic N) is 1. The van der Waals surface area contributed by atoms with Crippen LogP contribution in [0, 0.1) is 0 Å². The van der Waals surface area contributed by atoms with Gasteiger partial charge in [0.15, 0.2) is 0 Å². The van der Waals surface area contributed by atoms with Crippen molar-refractivity contribution in [3.8, 4) is 0 Å². The molecule has 0 bridgehead atoms. The molecule has 41 nitrogen and oxygen atoms in total. The highest BCUT2D eigenvalue weighted by Crippen LogP contribution is 2.04. The Hall–Kier alpha value is -3.09. The first kappa shape index (κ1) is 116. The molecule has 1 N–H and O–H groups in total. The summed E-state index contributed by atoms with van der Waals surface area (Å²) in [6, 6.07) is 0. The number of rotatable bonds is 111. The van der Waals surface area contributed by atoms with Gasteiger partial charge in [-0.1, -0.05) is 0 Å². The van der Waals surface area contributed by atoms with Gasteiger partial charge in [0.25, 0.3) is 11.8 Å². The molecule has 0 aromatic rings. The fraction of sp³-hybridized carbons (Fsp3) is 0.938. The zero-order valence-corrected chi connectivity index (χ0v) is 72.8. The number of imide groups is 1. The van der Waals surface area contributed by atoms with E-state index in [1.807, 2.05) is 0 Å². The Morgan fingerprint density at radius 2 is 0.298 bits per heavy atom. The van der Waals surface area contributed by atoms with E-state index < -0.39 is 11.8 Å². The lowest BCUT2D eigenvalue weighted by molar-refractivity contribution is -0.137. The number of hydrogen-bond donors (Lipinski definition) is 1. The minimum Gasteiger partial charge on any atom is -0.382 e. The van der Waals surface area contributed by atoms with Crippen molar-refractivity contribution in [2.45, 2.75) is 6.42 Å². The molecule has 0 saturated heterocycles. The van der Waals surface area contributed by atoms with Crippen LogP contribution in [0.3, 0.4) is 0 Å². The molecule has 0 atom stereocenters. The van der Waals surface area contributed by atoms with Gasteiger partial charge in [0.2, 0.25) is 5.91 Å². The van der Waals surface area contributed by atoms with Crippen LogP contribution in [-0.4, -0.2) is 512 Å². The van der Waals surface area contributed by atoms with Gasteiger partial charge in [-0.2, -0.15) is 0 Å². The molecule has 0 saturated carbocycles. The van der Waals surface area contributed by atoms with Crippen LogP contribution in [0.2, 0.25) is 0 Å². The zero-order chi connectivity index (χ0) is 86.2. The summed E-state index contributed by atoms with van der Waals surface area (Å²) in [5, 5.41) is 2.68. The van der Waals surface area contributed by atoms with Crippen molar-refractivity contribution < 1.29 is 185 Å². The Bertz CT molecular complexity index is 2000. The minimum absolute atomic E-state index is 0.0423. The Balaban J connectivity index is 1.58. The lowest BCUT2D eigenvalue weighted by atomic mass is 10.3. The van der Waals surface area contributed by atoms with E-state index in [0.717, 1.165) is 4.90 Å². The number of ether oxygens (including phenoxy) is 36. The first-order valence-electron chi connectivity index (χ1n) is 42.6. The van der Waals surface area contributed by atoms with Crippen molar-refractivity contribution in [1.29, 1.82) is 0 Å². The number of carbonyl (C=O) groups is 3. The summed E-state index contributed by atoms with van der Waals surface area (Å²) in [6.45, 7) is 34.0. The van der Waals surface area contributed by atoms with Crippen LogP contribution in [0.4, 0.5) is 0 Å². The largest absolute Gasteiger partial charge is 0.382 e. The molecule has 121 heavy (non-hydrogen) atoms. The number of amides is 3. The maximum atomic E-state index is 11.9. The number of nitrogens with one attached hydrogen (secondary N) is 1. The molecule has 0 unspecified atom stereocenters. The highest BCUT2D eigenvalue weighted by Gasteiger charge is 2.23. The monoisotopic (exact) mass is 1770 g/mol. The molecule has 0 aromatic heterocycles. The number of carbonyl (C=O) groups excluding carboxylic acids is 3. The number of methoxy groups -OCH3 is 1. The lowest BCUT2D eigenvalue weighted by Gasteiger charge is -2.13. The molecule has 41 heteroatoms. The highest BCUT2D eigenvalue weighted by atomic mass is 16.6. The van der Waals surface area contributed by atoms with E-state index in [-0.39, 0.29) is 18.9 Å². The van der Waals surface area contributed by atoms with Gasteiger partial charge in [0.1, 0.15) is 0 Å². The summed E-state index contributed by atoms with van der Waals surface area (Å²) in [5.41, 5.74) is 0. The Morgan fingerprint density at radius 1 is 0.190 bits per heavy atom. The first-order chi connectivity index (χ1) is 60.1. The van der Waals surface area contributed by atoms with E-state index in [9.17, 15) is 14.4 Å². The van der Waals surface area contributed by atoms with Crippen molar-refractivity contribution in [3.05, 3.63) is 12.2 Å². The second-order valence-corrected chi connectivity index (χ2v) is 24.7. The molecular formula is C80H154N2O39. The SMILES string of the molecule is COCCOCCOCCOCCOCCOCCOCCOCCOCCOCCOCCOCCOCCOCCOCCOCCOCCOCCOCCOCCOCCOCCOCCOCCOCCOCCOCCOCCOCCOCCOCCOCCOCCOCCOCCOCCNC(=O)CCN1C(=O)C=CC1=O. The number of hydrogen-bond acceptors (Lipinski definition) is 39. The van der Waals surface area contributed by atoms with Crippen LogP contribution in [-0.2, 0) is 185 Å². The van der Waals surface area contributed by atoms with Gasteiger partial charge in [-0.05, 0) is 0 Å². The molecule has 1 rings (SSSR count). The summed E-state index contributed by atoms with van der Waals surface area (Å²) >= 11 is 0. The molecule has 0 radical (unpaired) electrons. The molecule has 0 aromatic carbocycles. The van der Waals surface area contributed by atoms with Crippen LogP contribution < -0.4 is 5.32 Å². The van der Waals surface area contributed by atoms with Gasteiger partial charge >= 0.3 is 0 Å². The summed E-state index contributed by atoms with van der Waals surface area (Å²) < 4.78 is 198. The predicted octanol–water partition coefficient (Wildman–Crippen LogP) is -0.355. The summed E-state index contributed by atoms with van der Waals surface area (Å²) in [7, 11) is 1.64. The predicted molar refractivity (Wildman–Crippen MR) is 434 cm³/mol. The molecule has 1 aliphatic rings. The Labute approximate surface area is 718 Å². The van der Waals surface area contributed by atoms with Crippen LogP contribution in [0.15, 0.2) is 12.2 Å². The average Bonchev–Trinajstić information content (AvgIpc) is 1.74. The summed E-state index contributed by atoms with van der Waals surface area (Å²) in [5.74, 6) is -1.07. The van der Waals surface area contributed by atoms with E-state index in [0.29, 0.717) is 476 Å². The third-order valence-electron chi connectivity index (χ3n) is 15.1. The third-order valence-corrected chi connectivity index (χ3v) is 15.1. The van der Waals surface area contributed by atoms with Gasteiger partial charge in [-0.15, -0.1) is 0 Å². The Morgan fingerprint density at radius 3 is 0.413 bits per heavy atom. The lowest BCUT2D eigenvalue weighted by Crippen LogP contribution is -2.35. The summed E-state index contributed by atoms with van der Waals surface area (Å²) in [6.07, 6.45) is 2.42. The van der Waals surface area contributed by atoms with Gasteiger partial charge in [0.05, 0.1) is 469 Å².